The average molecular weight is 495 g/mol. The van der Waals surface area contributed by atoms with E-state index in [0.29, 0.717) is 9.33 Å². The Bertz CT molecular complexity index is 1730. The quantitative estimate of drug-likeness (QED) is 0.465. The molecule has 0 radical (unpaired) electrons. The molecule has 7 heteroatoms. The maximum absolute atomic E-state index is 13.8. The second-order valence-electron chi connectivity index (χ2n) is 8.82. The van der Waals surface area contributed by atoms with E-state index in [4.69, 9.17) is 9.73 Å². The fourth-order valence-electron chi connectivity index (χ4n) is 5.01. The number of methoxy groups -OCH3 is 1. The summed E-state index contributed by atoms with van der Waals surface area (Å²) in [6, 6.07) is 22.4. The maximum atomic E-state index is 13.8. The second-order valence-corrected chi connectivity index (χ2v) is 9.83. The lowest BCUT2D eigenvalue weighted by Crippen LogP contribution is -2.38. The minimum Gasteiger partial charge on any atom is -0.497 e. The third-order valence-electron chi connectivity index (χ3n) is 6.74. The summed E-state index contributed by atoms with van der Waals surface area (Å²) in [7, 11) is 1.64. The van der Waals surface area contributed by atoms with E-state index in [1.54, 1.807) is 42.0 Å². The highest BCUT2D eigenvalue weighted by Gasteiger charge is 2.32. The van der Waals surface area contributed by atoms with Crippen molar-refractivity contribution in [1.29, 1.82) is 0 Å². The minimum atomic E-state index is -0.981. The molecular formula is C29H22N2O4S. The van der Waals surface area contributed by atoms with Crippen molar-refractivity contribution in [2.24, 2.45) is 4.99 Å². The van der Waals surface area contributed by atoms with Gasteiger partial charge in [-0.25, -0.2) is 9.79 Å². The van der Waals surface area contributed by atoms with Crippen molar-refractivity contribution >= 4 is 29.1 Å². The minimum absolute atomic E-state index is 0.112. The van der Waals surface area contributed by atoms with E-state index in [9.17, 15) is 14.7 Å². The molecule has 0 bridgehead atoms. The Hall–Kier alpha value is -4.23. The molecule has 4 aromatic rings. The van der Waals surface area contributed by atoms with Crippen molar-refractivity contribution in [3.63, 3.8) is 0 Å². The van der Waals surface area contributed by atoms with Crippen LogP contribution in [-0.4, -0.2) is 22.8 Å². The molecule has 6 nitrogen and oxygen atoms in total. The van der Waals surface area contributed by atoms with E-state index in [1.807, 2.05) is 30.3 Å². The molecule has 1 aromatic heterocycles. The molecule has 2 heterocycles. The van der Waals surface area contributed by atoms with E-state index >= 15 is 0 Å². The highest BCUT2D eigenvalue weighted by Crippen LogP contribution is 2.41. The van der Waals surface area contributed by atoms with E-state index < -0.39 is 5.97 Å². The number of rotatable bonds is 4. The Labute approximate surface area is 210 Å². The van der Waals surface area contributed by atoms with Crippen LogP contribution in [0.3, 0.4) is 0 Å². The number of carbonyl (C=O) groups is 1. The summed E-state index contributed by atoms with van der Waals surface area (Å²) in [4.78, 5) is 30.7. The van der Waals surface area contributed by atoms with E-state index in [1.165, 1.54) is 16.9 Å². The molecule has 36 heavy (non-hydrogen) atoms. The molecule has 0 spiro atoms. The number of fused-ring (bicyclic) bond motifs is 3. The molecule has 1 atom stereocenters. The molecular weight excluding hydrogens is 472 g/mol. The number of nitrogens with zero attached hydrogens (tertiary/aromatic N) is 2. The van der Waals surface area contributed by atoms with Crippen molar-refractivity contribution in [2.45, 2.75) is 18.9 Å². The van der Waals surface area contributed by atoms with Crippen LogP contribution in [0, 0.1) is 0 Å². The van der Waals surface area contributed by atoms with Crippen LogP contribution < -0.4 is 19.6 Å². The number of carboxylic acids is 1. The van der Waals surface area contributed by atoms with Gasteiger partial charge in [-0.15, -0.1) is 0 Å². The molecule has 6 rings (SSSR count). The van der Waals surface area contributed by atoms with Gasteiger partial charge in [0.15, 0.2) is 4.80 Å². The maximum Gasteiger partial charge on any atom is 0.335 e. The van der Waals surface area contributed by atoms with Crippen LogP contribution in [0.15, 0.2) is 88.2 Å². The third-order valence-corrected chi connectivity index (χ3v) is 7.72. The molecule has 0 saturated heterocycles. The van der Waals surface area contributed by atoms with Gasteiger partial charge in [0.2, 0.25) is 0 Å². The van der Waals surface area contributed by atoms with Gasteiger partial charge in [0.25, 0.3) is 5.56 Å². The van der Waals surface area contributed by atoms with Crippen molar-refractivity contribution in [2.75, 3.05) is 7.11 Å². The number of allylic oxidation sites excluding steroid dienone is 1. The summed E-state index contributed by atoms with van der Waals surface area (Å²) >= 11 is 1.35. The summed E-state index contributed by atoms with van der Waals surface area (Å²) in [5.41, 5.74) is 6.30. The van der Waals surface area contributed by atoms with E-state index in [0.717, 1.165) is 46.6 Å². The fourth-order valence-corrected chi connectivity index (χ4v) is 6.01. The number of aromatic nitrogens is 1. The predicted octanol–water partition coefficient (Wildman–Crippen LogP) is 4.03. The van der Waals surface area contributed by atoms with Gasteiger partial charge in [-0.2, -0.15) is 0 Å². The van der Waals surface area contributed by atoms with Crippen molar-refractivity contribution in [3.05, 3.63) is 126 Å². The normalized spacial score (nSPS) is 16.6. The van der Waals surface area contributed by atoms with E-state index in [-0.39, 0.29) is 17.2 Å². The van der Waals surface area contributed by atoms with Crippen LogP contribution in [0.25, 0.3) is 11.8 Å². The lowest BCUT2D eigenvalue weighted by molar-refractivity contribution is 0.0697. The molecule has 0 saturated carbocycles. The largest absolute Gasteiger partial charge is 0.497 e. The van der Waals surface area contributed by atoms with Gasteiger partial charge in [0.1, 0.15) is 5.75 Å². The van der Waals surface area contributed by atoms with Crippen LogP contribution in [-0.2, 0) is 6.42 Å². The molecule has 1 aliphatic heterocycles. The molecule has 0 amide bonds. The first-order chi connectivity index (χ1) is 17.5. The summed E-state index contributed by atoms with van der Waals surface area (Å²) in [6.45, 7) is 0. The molecule has 178 valence electrons. The Kier molecular flexibility index (Phi) is 5.42. The van der Waals surface area contributed by atoms with Crippen LogP contribution in [0.1, 0.15) is 45.1 Å². The number of hydrogen-bond donors (Lipinski definition) is 1. The van der Waals surface area contributed by atoms with Gasteiger partial charge in [-0.1, -0.05) is 59.9 Å². The number of thiazole rings is 1. The molecule has 0 unspecified atom stereocenters. The number of hydrogen-bond acceptors (Lipinski definition) is 5. The summed E-state index contributed by atoms with van der Waals surface area (Å²) in [6.07, 6.45) is 3.51. The van der Waals surface area contributed by atoms with Crippen LogP contribution in [0.5, 0.6) is 5.75 Å². The Balaban J connectivity index is 1.58. The Morgan fingerprint density at radius 2 is 1.89 bits per heavy atom. The Morgan fingerprint density at radius 3 is 2.67 bits per heavy atom. The van der Waals surface area contributed by atoms with Gasteiger partial charge >= 0.3 is 5.97 Å². The number of benzene rings is 3. The monoisotopic (exact) mass is 494 g/mol. The first kappa shape index (κ1) is 22.2. The van der Waals surface area contributed by atoms with Crippen molar-refractivity contribution in [3.8, 4) is 5.75 Å². The molecule has 1 N–H and O–H groups in total. The van der Waals surface area contributed by atoms with Gasteiger partial charge < -0.3 is 9.84 Å². The zero-order valence-corrected chi connectivity index (χ0v) is 20.3. The smallest absolute Gasteiger partial charge is 0.335 e. The fraction of sp³-hybridized carbons (Fsp3) is 0.138. The van der Waals surface area contributed by atoms with Crippen LogP contribution in [0.4, 0.5) is 0 Å². The molecule has 2 aliphatic rings. The standard InChI is InChI=1S/C29H22N2O4S/c1-35-21-7-4-6-20(16-21)26-23-14-13-18-5-2-3-8-22(18)25(23)30-29-31(26)27(32)24(36-29)15-17-9-11-19(12-10-17)28(33)34/h2-12,15-16,26H,13-14H2,1H3,(H,33,34)/t26-/m0/s1. The topological polar surface area (TPSA) is 80.9 Å². The highest BCUT2D eigenvalue weighted by atomic mass is 32.1. The van der Waals surface area contributed by atoms with E-state index in [2.05, 4.69) is 18.2 Å². The lowest BCUT2D eigenvalue weighted by atomic mass is 9.83. The molecule has 0 fully saturated rings. The predicted molar refractivity (Wildman–Crippen MR) is 139 cm³/mol. The summed E-state index contributed by atoms with van der Waals surface area (Å²) in [5.74, 6) is -0.242. The molecule has 3 aromatic carbocycles. The van der Waals surface area contributed by atoms with Crippen molar-refractivity contribution < 1.29 is 14.6 Å². The SMILES string of the molecule is COc1cccc([C@H]2C3=C(N=c4sc(=Cc5ccc(C(=O)O)cc5)c(=O)n42)c2ccccc2CC3)c1. The van der Waals surface area contributed by atoms with Crippen LogP contribution in [0.2, 0.25) is 0 Å². The third kappa shape index (κ3) is 3.69. The second kappa shape index (κ2) is 8.77. The lowest BCUT2D eigenvalue weighted by Gasteiger charge is -2.31. The van der Waals surface area contributed by atoms with Gasteiger partial charge in [-0.3, -0.25) is 9.36 Å². The average Bonchev–Trinajstić information content (AvgIpc) is 3.22. The summed E-state index contributed by atoms with van der Waals surface area (Å²) in [5, 5.41) is 9.18. The highest BCUT2D eigenvalue weighted by molar-refractivity contribution is 7.07. The van der Waals surface area contributed by atoms with Gasteiger partial charge in [0, 0.05) is 5.56 Å². The molecule has 1 aliphatic carbocycles. The number of aromatic carboxylic acids is 1. The van der Waals surface area contributed by atoms with Gasteiger partial charge in [-0.05, 0) is 65.4 Å². The van der Waals surface area contributed by atoms with Crippen LogP contribution >= 0.6 is 11.3 Å². The first-order valence-electron chi connectivity index (χ1n) is 11.6. The number of aryl methyl sites for hydroxylation is 1. The van der Waals surface area contributed by atoms with Gasteiger partial charge in [0.05, 0.1) is 28.9 Å². The number of carboxylic acid groups (broad SMARTS) is 1. The number of ether oxygens (including phenoxy) is 1. The first-order valence-corrected chi connectivity index (χ1v) is 12.5. The summed E-state index contributed by atoms with van der Waals surface area (Å²) < 4.78 is 7.84. The Morgan fingerprint density at radius 1 is 1.08 bits per heavy atom. The zero-order chi connectivity index (χ0) is 24.8. The zero-order valence-electron chi connectivity index (χ0n) is 19.5. The van der Waals surface area contributed by atoms with Crippen molar-refractivity contribution in [1.82, 2.24) is 4.57 Å².